The van der Waals surface area contributed by atoms with Gasteiger partial charge in [-0.05, 0) is 48.0 Å². The summed E-state index contributed by atoms with van der Waals surface area (Å²) in [7, 11) is 1.97. The highest BCUT2D eigenvalue weighted by molar-refractivity contribution is 6.18. The maximum absolute atomic E-state index is 12.2. The van der Waals surface area contributed by atoms with Crippen molar-refractivity contribution in [3.05, 3.63) is 65.4 Å². The number of aliphatic imine (C=N–C) groups is 1. The molecule has 0 spiro atoms. The number of rotatable bonds is 6. The predicted octanol–water partition coefficient (Wildman–Crippen LogP) is 3.66. The van der Waals surface area contributed by atoms with Gasteiger partial charge in [-0.1, -0.05) is 12.1 Å². The molecule has 1 aliphatic rings. The summed E-state index contributed by atoms with van der Waals surface area (Å²) in [6, 6.07) is 14.7. The molecule has 1 N–H and O–H groups in total. The summed E-state index contributed by atoms with van der Waals surface area (Å²) in [4.78, 5) is 29.6. The quantitative estimate of drug-likeness (QED) is 0.458. The fraction of sp³-hybridized carbons (Fsp3) is 0.190. The minimum absolute atomic E-state index is 0.150. The molecule has 1 aliphatic heterocycles. The number of amides is 1. The Morgan fingerprint density at radius 1 is 1.18 bits per heavy atom. The largest absolute Gasteiger partial charge is 0.402 e. The van der Waals surface area contributed by atoms with Gasteiger partial charge in [0.05, 0.1) is 0 Å². The van der Waals surface area contributed by atoms with E-state index in [1.807, 2.05) is 31.3 Å². The third-order valence-corrected chi connectivity index (χ3v) is 4.30. The van der Waals surface area contributed by atoms with Crippen LogP contribution in [0, 0.1) is 0 Å². The van der Waals surface area contributed by atoms with E-state index < -0.39 is 5.97 Å². The van der Waals surface area contributed by atoms with Crippen LogP contribution in [0.5, 0.6) is 0 Å². The van der Waals surface area contributed by atoms with Crippen LogP contribution in [0.25, 0.3) is 6.08 Å². The Hall–Kier alpha value is -3.12. The van der Waals surface area contributed by atoms with Crippen molar-refractivity contribution < 1.29 is 14.3 Å². The van der Waals surface area contributed by atoms with Crippen LogP contribution in [0.4, 0.5) is 11.4 Å². The van der Waals surface area contributed by atoms with Gasteiger partial charge in [0.15, 0.2) is 5.70 Å². The molecule has 0 radical (unpaired) electrons. The first kappa shape index (κ1) is 19.6. The third-order valence-electron chi connectivity index (χ3n) is 4.13. The van der Waals surface area contributed by atoms with E-state index in [1.165, 1.54) is 6.92 Å². The summed E-state index contributed by atoms with van der Waals surface area (Å²) in [6.45, 7) is 2.19. The van der Waals surface area contributed by atoms with Crippen LogP contribution in [0.1, 0.15) is 18.1 Å². The minimum Gasteiger partial charge on any atom is -0.402 e. The number of hydrogen-bond donors (Lipinski definition) is 1. The number of alkyl halides is 1. The molecular formula is C21H20ClN3O3. The zero-order valence-electron chi connectivity index (χ0n) is 15.6. The molecular weight excluding hydrogens is 378 g/mol. The number of hydrogen-bond acceptors (Lipinski definition) is 5. The van der Waals surface area contributed by atoms with E-state index in [9.17, 15) is 9.59 Å². The number of carbonyl (C=O) groups is 2. The van der Waals surface area contributed by atoms with Crippen molar-refractivity contribution in [2.75, 3.05) is 29.7 Å². The van der Waals surface area contributed by atoms with Gasteiger partial charge in [0, 0.05) is 43.3 Å². The van der Waals surface area contributed by atoms with Gasteiger partial charge < -0.3 is 15.0 Å². The zero-order chi connectivity index (χ0) is 20.1. The molecule has 0 aliphatic carbocycles. The van der Waals surface area contributed by atoms with Crippen molar-refractivity contribution in [3.63, 3.8) is 0 Å². The Morgan fingerprint density at radius 3 is 2.46 bits per heavy atom. The molecule has 0 aromatic heterocycles. The average molecular weight is 398 g/mol. The standard InChI is InChI=1S/C21H20ClN3O3/c1-14(26)23-17-7-5-16(6-8-17)20-24-19(21(27)28-20)13-15-3-9-18(10-4-15)25(2)12-11-22/h3-10,13H,11-12H2,1-2H3,(H,23,26)/b19-13-. The van der Waals surface area contributed by atoms with Crippen molar-refractivity contribution in [1.29, 1.82) is 0 Å². The highest BCUT2D eigenvalue weighted by Crippen LogP contribution is 2.21. The second-order valence-electron chi connectivity index (χ2n) is 6.30. The van der Waals surface area contributed by atoms with E-state index in [0.717, 1.165) is 17.8 Å². The second-order valence-corrected chi connectivity index (χ2v) is 6.67. The zero-order valence-corrected chi connectivity index (χ0v) is 16.4. The number of nitrogens with zero attached hydrogens (tertiary/aromatic N) is 2. The summed E-state index contributed by atoms with van der Waals surface area (Å²) < 4.78 is 5.28. The summed E-state index contributed by atoms with van der Waals surface area (Å²) in [5.41, 5.74) is 3.45. The van der Waals surface area contributed by atoms with E-state index in [-0.39, 0.29) is 17.5 Å². The number of cyclic esters (lactones) is 1. The summed E-state index contributed by atoms with van der Waals surface area (Å²) in [6.07, 6.45) is 1.69. The average Bonchev–Trinajstić information content (AvgIpc) is 3.03. The van der Waals surface area contributed by atoms with Crippen LogP contribution in [0.15, 0.2) is 59.2 Å². The number of ether oxygens (including phenoxy) is 1. The second kappa shape index (κ2) is 8.71. The monoisotopic (exact) mass is 397 g/mol. The van der Waals surface area contributed by atoms with E-state index >= 15 is 0 Å². The molecule has 1 heterocycles. The van der Waals surface area contributed by atoms with E-state index in [0.29, 0.717) is 17.1 Å². The maximum Gasteiger partial charge on any atom is 0.363 e. The van der Waals surface area contributed by atoms with Gasteiger partial charge in [-0.3, -0.25) is 4.79 Å². The van der Waals surface area contributed by atoms with Crippen LogP contribution in [-0.4, -0.2) is 37.2 Å². The van der Waals surface area contributed by atoms with Gasteiger partial charge in [0.25, 0.3) is 0 Å². The Labute approximate surface area is 168 Å². The van der Waals surface area contributed by atoms with Gasteiger partial charge in [-0.25, -0.2) is 9.79 Å². The molecule has 7 heteroatoms. The lowest BCUT2D eigenvalue weighted by Gasteiger charge is -2.17. The number of anilines is 2. The van der Waals surface area contributed by atoms with E-state index in [1.54, 1.807) is 30.3 Å². The molecule has 0 unspecified atom stereocenters. The summed E-state index contributed by atoms with van der Waals surface area (Å²) in [5.74, 6) is 0.146. The van der Waals surface area contributed by atoms with Crippen LogP contribution in [0.2, 0.25) is 0 Å². The smallest absolute Gasteiger partial charge is 0.363 e. The highest BCUT2D eigenvalue weighted by Gasteiger charge is 2.24. The third kappa shape index (κ3) is 4.78. The lowest BCUT2D eigenvalue weighted by molar-refractivity contribution is -0.129. The van der Waals surface area contributed by atoms with Crippen LogP contribution in [-0.2, 0) is 14.3 Å². The number of esters is 1. The molecule has 1 amide bonds. The summed E-state index contributed by atoms with van der Waals surface area (Å²) in [5, 5.41) is 2.68. The SMILES string of the molecule is CC(=O)Nc1ccc(C2=N/C(=C\c3ccc(N(C)CCCl)cc3)C(=O)O2)cc1. The summed E-state index contributed by atoms with van der Waals surface area (Å²) >= 11 is 5.77. The normalized spacial score (nSPS) is 14.6. The topological polar surface area (TPSA) is 71.0 Å². The van der Waals surface area contributed by atoms with Gasteiger partial charge in [0.1, 0.15) is 0 Å². The van der Waals surface area contributed by atoms with Crippen molar-refractivity contribution in [2.45, 2.75) is 6.92 Å². The number of nitrogens with one attached hydrogen (secondary N) is 1. The fourth-order valence-electron chi connectivity index (χ4n) is 2.67. The van der Waals surface area contributed by atoms with E-state index in [4.69, 9.17) is 16.3 Å². The van der Waals surface area contributed by atoms with Crippen LogP contribution >= 0.6 is 11.6 Å². The molecule has 28 heavy (non-hydrogen) atoms. The van der Waals surface area contributed by atoms with Gasteiger partial charge in [0.2, 0.25) is 11.8 Å². The first-order valence-electron chi connectivity index (χ1n) is 8.74. The maximum atomic E-state index is 12.2. The molecule has 0 bridgehead atoms. The molecule has 144 valence electrons. The molecule has 0 saturated carbocycles. The molecule has 2 aromatic rings. The number of benzene rings is 2. The Kier molecular flexibility index (Phi) is 6.11. The molecule has 6 nitrogen and oxygen atoms in total. The molecule has 0 fully saturated rings. The van der Waals surface area contributed by atoms with Crippen molar-refractivity contribution in [3.8, 4) is 0 Å². The first-order chi connectivity index (χ1) is 13.5. The van der Waals surface area contributed by atoms with E-state index in [2.05, 4.69) is 15.2 Å². The predicted molar refractivity (Wildman–Crippen MR) is 112 cm³/mol. The molecule has 2 aromatic carbocycles. The van der Waals surface area contributed by atoms with Crippen LogP contribution in [0.3, 0.4) is 0 Å². The van der Waals surface area contributed by atoms with Gasteiger partial charge >= 0.3 is 5.97 Å². The minimum atomic E-state index is -0.496. The van der Waals surface area contributed by atoms with Gasteiger partial charge in [-0.15, -0.1) is 11.6 Å². The number of halogens is 1. The first-order valence-corrected chi connectivity index (χ1v) is 9.27. The highest BCUT2D eigenvalue weighted by atomic mass is 35.5. The molecule has 0 saturated heterocycles. The molecule has 0 atom stereocenters. The Bertz CT molecular complexity index is 934. The van der Waals surface area contributed by atoms with Crippen molar-refractivity contribution >= 4 is 46.8 Å². The Balaban J connectivity index is 1.76. The van der Waals surface area contributed by atoms with Gasteiger partial charge in [-0.2, -0.15) is 0 Å². The Morgan fingerprint density at radius 2 is 1.86 bits per heavy atom. The fourth-order valence-corrected chi connectivity index (χ4v) is 2.92. The van der Waals surface area contributed by atoms with Crippen molar-refractivity contribution in [2.24, 2.45) is 4.99 Å². The molecule has 3 rings (SSSR count). The van der Waals surface area contributed by atoms with Crippen molar-refractivity contribution in [1.82, 2.24) is 0 Å². The van der Waals surface area contributed by atoms with Crippen LogP contribution < -0.4 is 10.2 Å². The lowest BCUT2D eigenvalue weighted by atomic mass is 10.1. The lowest BCUT2D eigenvalue weighted by Crippen LogP contribution is -2.19. The number of carbonyl (C=O) groups excluding carboxylic acids is 2.